The molecule has 2 rings (SSSR count). The first kappa shape index (κ1) is 44.8. The second kappa shape index (κ2) is 29.2. The summed E-state index contributed by atoms with van der Waals surface area (Å²) in [6.45, 7) is 7.80. The molecule has 52 heavy (non-hydrogen) atoms. The molecule has 0 spiro atoms. The summed E-state index contributed by atoms with van der Waals surface area (Å²) >= 11 is 0. The third kappa shape index (κ3) is 22.6. The van der Waals surface area contributed by atoms with Crippen molar-refractivity contribution in [3.05, 3.63) is 59.7 Å². The van der Waals surface area contributed by atoms with Gasteiger partial charge in [-0.05, 0) is 36.8 Å². The molecular formula is C37H54F3NO11. The van der Waals surface area contributed by atoms with Crippen LogP contribution >= 0.6 is 0 Å². The van der Waals surface area contributed by atoms with E-state index >= 15 is 0 Å². The Morgan fingerprint density at radius 2 is 1.06 bits per heavy atom. The molecule has 0 bridgehead atoms. The molecule has 0 heterocycles. The number of hydrogen-bond acceptors (Lipinski definition) is 12. The molecule has 0 aliphatic heterocycles. The number of nitrogens with one attached hydrogen (secondary N) is 1. The normalized spacial score (nSPS) is 11.5. The van der Waals surface area contributed by atoms with E-state index in [9.17, 15) is 22.8 Å². The van der Waals surface area contributed by atoms with Gasteiger partial charge in [0.2, 0.25) is 0 Å². The molecule has 0 amide bonds. The van der Waals surface area contributed by atoms with E-state index < -0.39 is 17.7 Å². The second-order valence-corrected chi connectivity index (χ2v) is 11.2. The standard InChI is InChI=1S/C37H54F3NO11/c1-2-3-4-5-13-35(42)51-28-26-49-24-22-47-20-18-45-16-14-44-15-17-46-19-21-48-23-25-50-27-29-52-36(43)33-11-6-7-12-34(33)41-32-10-8-9-31(30-32)37(38,39)40/h6-12,30,41H,2-5,13-29H2,1H3. The number of ether oxygens (including phenoxy) is 9. The molecule has 1 N–H and O–H groups in total. The summed E-state index contributed by atoms with van der Waals surface area (Å²) in [6, 6.07) is 11.1. The molecule has 0 unspecified atom stereocenters. The lowest BCUT2D eigenvalue weighted by atomic mass is 10.1. The number of para-hydroxylation sites is 1. The van der Waals surface area contributed by atoms with E-state index in [-0.39, 0.29) is 37.0 Å². The van der Waals surface area contributed by atoms with Gasteiger partial charge in [0.05, 0.1) is 109 Å². The highest BCUT2D eigenvalue weighted by atomic mass is 19.4. The van der Waals surface area contributed by atoms with Crippen LogP contribution in [0.5, 0.6) is 0 Å². The van der Waals surface area contributed by atoms with Crippen molar-refractivity contribution in [2.45, 2.75) is 45.2 Å². The highest BCUT2D eigenvalue weighted by molar-refractivity contribution is 5.96. The summed E-state index contributed by atoms with van der Waals surface area (Å²) in [6.07, 6.45) is 0.190. The van der Waals surface area contributed by atoms with Crippen LogP contribution in [0.15, 0.2) is 48.5 Å². The van der Waals surface area contributed by atoms with Crippen LogP contribution in [0.4, 0.5) is 24.5 Å². The zero-order chi connectivity index (χ0) is 37.5. The minimum atomic E-state index is -4.48. The van der Waals surface area contributed by atoms with E-state index in [1.165, 1.54) is 18.2 Å². The zero-order valence-electron chi connectivity index (χ0n) is 30.1. The molecule has 0 aromatic heterocycles. The van der Waals surface area contributed by atoms with E-state index in [1.807, 2.05) is 0 Å². The third-order valence-corrected chi connectivity index (χ3v) is 7.03. The maximum Gasteiger partial charge on any atom is 0.416 e. The fourth-order valence-corrected chi connectivity index (χ4v) is 4.37. The van der Waals surface area contributed by atoms with Gasteiger partial charge < -0.3 is 47.9 Å². The summed E-state index contributed by atoms with van der Waals surface area (Å²) in [5, 5.41) is 2.86. The van der Waals surface area contributed by atoms with E-state index in [0.717, 1.165) is 37.8 Å². The molecule has 0 fully saturated rings. The maximum atomic E-state index is 13.0. The van der Waals surface area contributed by atoms with Gasteiger partial charge in [-0.15, -0.1) is 0 Å². The van der Waals surface area contributed by atoms with Crippen LogP contribution in [-0.4, -0.2) is 118 Å². The average molecular weight is 746 g/mol. The minimum absolute atomic E-state index is 0.00438. The van der Waals surface area contributed by atoms with Crippen molar-refractivity contribution in [1.82, 2.24) is 0 Å². The van der Waals surface area contributed by atoms with Crippen LogP contribution in [0.2, 0.25) is 0 Å². The van der Waals surface area contributed by atoms with Gasteiger partial charge in [0, 0.05) is 12.1 Å². The van der Waals surface area contributed by atoms with Crippen molar-refractivity contribution in [3.63, 3.8) is 0 Å². The minimum Gasteiger partial charge on any atom is -0.463 e. The largest absolute Gasteiger partial charge is 0.463 e. The number of carbonyl (C=O) groups is 2. The number of rotatable bonds is 32. The van der Waals surface area contributed by atoms with Gasteiger partial charge in [-0.25, -0.2) is 4.79 Å². The molecule has 0 aliphatic carbocycles. The SMILES string of the molecule is CCCCCCC(=O)OCCOCCOCCOCCOCCOCCOCCOCCOC(=O)c1ccccc1Nc1cccc(C(F)(F)F)c1. The van der Waals surface area contributed by atoms with Crippen molar-refractivity contribution in [3.8, 4) is 0 Å². The highest BCUT2D eigenvalue weighted by Gasteiger charge is 2.30. The van der Waals surface area contributed by atoms with Crippen LogP contribution in [0.3, 0.4) is 0 Å². The van der Waals surface area contributed by atoms with Gasteiger partial charge in [0.25, 0.3) is 0 Å². The van der Waals surface area contributed by atoms with Crippen LogP contribution in [-0.2, 0) is 53.6 Å². The highest BCUT2D eigenvalue weighted by Crippen LogP contribution is 2.32. The molecule has 0 aliphatic rings. The topological polar surface area (TPSA) is 129 Å². The summed E-state index contributed by atoms with van der Waals surface area (Å²) < 4.78 is 87.6. The Morgan fingerprint density at radius 1 is 0.577 bits per heavy atom. The molecule has 0 saturated carbocycles. The van der Waals surface area contributed by atoms with Crippen LogP contribution < -0.4 is 5.32 Å². The molecule has 15 heteroatoms. The number of anilines is 2. The Labute approximate surface area is 304 Å². The molecule has 2 aromatic carbocycles. The third-order valence-electron chi connectivity index (χ3n) is 7.03. The first-order valence-electron chi connectivity index (χ1n) is 17.7. The van der Waals surface area contributed by atoms with E-state index in [0.29, 0.717) is 98.0 Å². The number of unbranched alkanes of at least 4 members (excludes halogenated alkanes) is 3. The van der Waals surface area contributed by atoms with E-state index in [1.54, 1.807) is 18.2 Å². The molecular weight excluding hydrogens is 691 g/mol. The lowest BCUT2D eigenvalue weighted by Gasteiger charge is -2.13. The Hall–Kier alpha value is -3.31. The van der Waals surface area contributed by atoms with Gasteiger partial charge in [0.1, 0.15) is 13.2 Å². The van der Waals surface area contributed by atoms with Crippen molar-refractivity contribution in [1.29, 1.82) is 0 Å². The molecule has 2 aromatic rings. The van der Waals surface area contributed by atoms with Crippen LogP contribution in [0.25, 0.3) is 0 Å². The summed E-state index contributed by atoms with van der Waals surface area (Å²) in [4.78, 5) is 24.1. The molecule has 12 nitrogen and oxygen atoms in total. The number of halogens is 3. The first-order chi connectivity index (χ1) is 25.3. The lowest BCUT2D eigenvalue weighted by molar-refractivity contribution is -0.145. The van der Waals surface area contributed by atoms with Gasteiger partial charge in [-0.1, -0.05) is 44.4 Å². The Morgan fingerprint density at radius 3 is 1.56 bits per heavy atom. The zero-order valence-corrected chi connectivity index (χ0v) is 30.1. The van der Waals surface area contributed by atoms with Crippen molar-refractivity contribution in [2.24, 2.45) is 0 Å². The number of benzene rings is 2. The molecule has 0 radical (unpaired) electrons. The van der Waals surface area contributed by atoms with Crippen LogP contribution in [0.1, 0.15) is 54.9 Å². The number of alkyl halides is 3. The van der Waals surface area contributed by atoms with Crippen molar-refractivity contribution in [2.75, 3.05) is 111 Å². The van der Waals surface area contributed by atoms with E-state index in [4.69, 9.17) is 42.6 Å². The van der Waals surface area contributed by atoms with Gasteiger partial charge in [0.15, 0.2) is 0 Å². The molecule has 294 valence electrons. The van der Waals surface area contributed by atoms with Crippen molar-refractivity contribution >= 4 is 23.3 Å². The molecule has 0 saturated heterocycles. The maximum absolute atomic E-state index is 13.0. The van der Waals surface area contributed by atoms with E-state index in [2.05, 4.69) is 12.2 Å². The summed E-state index contributed by atoms with van der Waals surface area (Å²) in [5.74, 6) is -0.804. The van der Waals surface area contributed by atoms with Crippen LogP contribution in [0, 0.1) is 0 Å². The first-order valence-corrected chi connectivity index (χ1v) is 17.7. The average Bonchev–Trinajstić information content (AvgIpc) is 3.13. The van der Waals surface area contributed by atoms with Gasteiger partial charge >= 0.3 is 18.1 Å². The Balaban J connectivity index is 1.32. The predicted molar refractivity (Wildman–Crippen MR) is 187 cm³/mol. The Kier molecular flexibility index (Phi) is 25.2. The predicted octanol–water partition coefficient (Wildman–Crippen LogP) is 6.24. The summed E-state index contributed by atoms with van der Waals surface area (Å²) in [5.41, 5.74) is -0.0981. The number of hydrogen-bond donors (Lipinski definition) is 1. The van der Waals surface area contributed by atoms with Crippen molar-refractivity contribution < 1.29 is 65.4 Å². The second-order valence-electron chi connectivity index (χ2n) is 11.2. The quantitative estimate of drug-likeness (QED) is 0.0673. The molecule has 0 atom stereocenters. The fraction of sp³-hybridized carbons (Fsp3) is 0.622. The summed E-state index contributed by atoms with van der Waals surface area (Å²) in [7, 11) is 0. The fourth-order valence-electron chi connectivity index (χ4n) is 4.37. The number of esters is 2. The number of carbonyl (C=O) groups excluding carboxylic acids is 2. The monoisotopic (exact) mass is 745 g/mol. The van der Waals surface area contributed by atoms with Gasteiger partial charge in [-0.3, -0.25) is 4.79 Å². The van der Waals surface area contributed by atoms with Gasteiger partial charge in [-0.2, -0.15) is 13.2 Å². The smallest absolute Gasteiger partial charge is 0.416 e. The Bertz CT molecular complexity index is 1220. The lowest BCUT2D eigenvalue weighted by Crippen LogP contribution is -2.16.